The first-order valence-corrected chi connectivity index (χ1v) is 26.6. The van der Waals surface area contributed by atoms with Gasteiger partial charge in [0.2, 0.25) is 0 Å². The molecule has 360 valence electrons. The zero-order valence-corrected chi connectivity index (χ0v) is 41.9. The molecule has 16 rings (SSSR count). The number of rotatable bonds is 6. The Morgan fingerprint density at radius 2 is 0.584 bits per heavy atom. The highest BCUT2D eigenvalue weighted by Crippen LogP contribution is 2.66. The summed E-state index contributed by atoms with van der Waals surface area (Å²) in [4.78, 5) is 2.55. The SMILES string of the molecule is c1ccc(-c2ccc(-c3ccccc3N(c3ccccc3-c3ccc4c(c3)C3(c5ccccc5Oc5ccccc53)c3ccccc3-4)c3cccc4c3-c3ccccc3C43c4ccccc4Oc4ccccc43)cc2)cc1. The monoisotopic (exact) mass is 981 g/mol. The van der Waals surface area contributed by atoms with Crippen molar-refractivity contribution in [1.29, 1.82) is 0 Å². The van der Waals surface area contributed by atoms with E-state index >= 15 is 0 Å². The predicted octanol–water partition coefficient (Wildman–Crippen LogP) is 19.1. The lowest BCUT2D eigenvalue weighted by Crippen LogP contribution is -2.32. The number of hydrogen-bond acceptors (Lipinski definition) is 3. The molecular weight excluding hydrogens is 935 g/mol. The van der Waals surface area contributed by atoms with Crippen LogP contribution in [-0.4, -0.2) is 0 Å². The third kappa shape index (κ3) is 6.08. The molecular formula is C74H47NO2. The number of anilines is 3. The Morgan fingerprint density at radius 3 is 1.16 bits per heavy atom. The van der Waals surface area contributed by atoms with Crippen molar-refractivity contribution in [2.75, 3.05) is 4.90 Å². The minimum absolute atomic E-state index is 0.616. The number of nitrogens with zero attached hydrogens (tertiary/aromatic N) is 1. The molecule has 0 fully saturated rings. The van der Waals surface area contributed by atoms with Crippen LogP contribution in [0.3, 0.4) is 0 Å². The summed E-state index contributed by atoms with van der Waals surface area (Å²) in [7, 11) is 0. The molecule has 2 heterocycles. The first-order chi connectivity index (χ1) is 38.2. The Hall–Kier alpha value is -9.96. The molecule has 4 aliphatic rings. The van der Waals surface area contributed by atoms with Gasteiger partial charge in [0.25, 0.3) is 0 Å². The van der Waals surface area contributed by atoms with Crippen LogP contribution >= 0.6 is 0 Å². The lowest BCUT2D eigenvalue weighted by atomic mass is 9.66. The third-order valence-electron chi connectivity index (χ3n) is 16.8. The molecule has 2 spiro atoms. The molecule has 3 heteroatoms. The van der Waals surface area contributed by atoms with Crippen LogP contribution in [0.5, 0.6) is 23.0 Å². The predicted molar refractivity (Wildman–Crippen MR) is 312 cm³/mol. The summed E-state index contributed by atoms with van der Waals surface area (Å²) in [6.45, 7) is 0. The van der Waals surface area contributed by atoms with Gasteiger partial charge >= 0.3 is 0 Å². The highest BCUT2D eigenvalue weighted by Gasteiger charge is 2.53. The van der Waals surface area contributed by atoms with Gasteiger partial charge in [0.05, 0.1) is 27.9 Å². The van der Waals surface area contributed by atoms with Gasteiger partial charge < -0.3 is 14.4 Å². The van der Waals surface area contributed by atoms with Crippen molar-refractivity contribution in [3.05, 3.63) is 330 Å². The van der Waals surface area contributed by atoms with Crippen molar-refractivity contribution in [2.45, 2.75) is 10.8 Å². The van der Waals surface area contributed by atoms with E-state index in [9.17, 15) is 0 Å². The highest BCUT2D eigenvalue weighted by atomic mass is 16.5. The molecule has 77 heavy (non-hydrogen) atoms. The average molecular weight is 982 g/mol. The van der Waals surface area contributed by atoms with E-state index in [1.807, 2.05) is 0 Å². The molecule has 0 N–H and O–H groups in total. The fourth-order valence-electron chi connectivity index (χ4n) is 13.8. The molecule has 0 unspecified atom stereocenters. The van der Waals surface area contributed by atoms with Gasteiger partial charge in [-0.25, -0.2) is 0 Å². The van der Waals surface area contributed by atoms with Gasteiger partial charge in [-0.1, -0.05) is 237 Å². The normalized spacial score (nSPS) is 13.9. The standard InChI is InChI=1S/C74H47NO2/c1-2-21-48(22-3-1)49-41-43-50(44-42-49)52-23-6-14-34-65(52)75(67-36-20-33-63-72(67)56-26-5-9-28-58(56)73(63)59-29-10-16-37-68(59)76-69-38-17-11-30-60(69)73)66-35-15-7-24-53(66)51-45-46-55-54-25-4-8-27-57(54)74(64(55)47-51)61-31-12-18-39-70(61)77-71-40-19-13-32-62(71)74/h1-47H. The topological polar surface area (TPSA) is 21.7 Å². The number of ether oxygens (including phenoxy) is 2. The Kier molecular flexibility index (Phi) is 9.47. The van der Waals surface area contributed by atoms with Crippen LogP contribution in [0.25, 0.3) is 55.6 Å². The van der Waals surface area contributed by atoms with Crippen LogP contribution < -0.4 is 14.4 Å². The van der Waals surface area contributed by atoms with E-state index in [1.54, 1.807) is 0 Å². The Bertz CT molecular complexity index is 4270. The fourth-order valence-corrected chi connectivity index (χ4v) is 13.8. The summed E-state index contributed by atoms with van der Waals surface area (Å²) in [5.41, 5.74) is 23.2. The van der Waals surface area contributed by atoms with Gasteiger partial charge in [-0.15, -0.1) is 0 Å². The number of hydrogen-bond donors (Lipinski definition) is 0. The zero-order valence-electron chi connectivity index (χ0n) is 41.9. The van der Waals surface area contributed by atoms with Crippen LogP contribution in [-0.2, 0) is 10.8 Å². The molecule has 0 aromatic heterocycles. The minimum atomic E-state index is -0.648. The number of fused-ring (bicyclic) bond motifs is 18. The maximum absolute atomic E-state index is 6.79. The number of benzene rings is 12. The van der Waals surface area contributed by atoms with Gasteiger partial charge in [-0.3, -0.25) is 0 Å². The molecule has 0 amide bonds. The first-order valence-electron chi connectivity index (χ1n) is 26.6. The summed E-state index contributed by atoms with van der Waals surface area (Å²) < 4.78 is 13.6. The van der Waals surface area contributed by atoms with Crippen molar-refractivity contribution in [1.82, 2.24) is 0 Å². The van der Waals surface area contributed by atoms with E-state index < -0.39 is 10.8 Å². The maximum atomic E-state index is 6.79. The largest absolute Gasteiger partial charge is 0.457 e. The molecule has 12 aromatic rings. The lowest BCUT2D eigenvalue weighted by molar-refractivity contribution is 0.436. The van der Waals surface area contributed by atoms with E-state index in [1.165, 1.54) is 55.6 Å². The van der Waals surface area contributed by atoms with Crippen molar-refractivity contribution >= 4 is 17.1 Å². The smallest absolute Gasteiger partial charge is 0.132 e. The van der Waals surface area contributed by atoms with E-state index in [2.05, 4.69) is 290 Å². The second-order valence-corrected chi connectivity index (χ2v) is 20.6. The van der Waals surface area contributed by atoms with E-state index in [0.29, 0.717) is 0 Å². The van der Waals surface area contributed by atoms with Crippen molar-refractivity contribution in [3.8, 4) is 78.6 Å². The van der Waals surface area contributed by atoms with E-state index in [0.717, 1.165) is 84.6 Å². The molecule has 0 saturated heterocycles. The van der Waals surface area contributed by atoms with Crippen LogP contribution in [0, 0.1) is 0 Å². The summed E-state index contributed by atoms with van der Waals surface area (Å²) >= 11 is 0. The Morgan fingerprint density at radius 1 is 0.221 bits per heavy atom. The van der Waals surface area contributed by atoms with E-state index in [4.69, 9.17) is 9.47 Å². The van der Waals surface area contributed by atoms with Gasteiger partial charge in [-0.2, -0.15) is 0 Å². The molecule has 3 nitrogen and oxygen atoms in total. The molecule has 0 radical (unpaired) electrons. The van der Waals surface area contributed by atoms with Crippen LogP contribution in [0.2, 0.25) is 0 Å². The minimum Gasteiger partial charge on any atom is -0.457 e. The first kappa shape index (κ1) is 43.4. The molecule has 12 aromatic carbocycles. The van der Waals surface area contributed by atoms with Gasteiger partial charge in [0.1, 0.15) is 23.0 Å². The quantitative estimate of drug-likeness (QED) is 0.166. The lowest BCUT2D eigenvalue weighted by Gasteiger charge is -2.39. The summed E-state index contributed by atoms with van der Waals surface area (Å²) in [6, 6.07) is 104. The molecule has 2 aliphatic carbocycles. The van der Waals surface area contributed by atoms with Crippen LogP contribution in [0.15, 0.2) is 285 Å². The average Bonchev–Trinajstić information content (AvgIpc) is 4.21. The summed E-state index contributed by atoms with van der Waals surface area (Å²) in [5.74, 6) is 3.50. The maximum Gasteiger partial charge on any atom is 0.132 e. The Labute approximate surface area is 448 Å². The van der Waals surface area contributed by atoms with Gasteiger partial charge in [-0.05, 0) is 110 Å². The van der Waals surface area contributed by atoms with Gasteiger partial charge in [0, 0.05) is 38.9 Å². The molecule has 0 saturated carbocycles. The van der Waals surface area contributed by atoms with Crippen molar-refractivity contribution in [3.63, 3.8) is 0 Å². The molecule has 0 bridgehead atoms. The Balaban J connectivity index is 0.969. The highest BCUT2D eigenvalue weighted by molar-refractivity contribution is 6.03. The number of para-hydroxylation sites is 6. The molecule has 0 atom stereocenters. The summed E-state index contributed by atoms with van der Waals surface area (Å²) in [6.07, 6.45) is 0. The summed E-state index contributed by atoms with van der Waals surface area (Å²) in [5, 5.41) is 0. The molecule has 2 aliphatic heterocycles. The van der Waals surface area contributed by atoms with Crippen LogP contribution in [0.4, 0.5) is 17.1 Å². The third-order valence-corrected chi connectivity index (χ3v) is 16.8. The fraction of sp³-hybridized carbons (Fsp3) is 0.0270. The van der Waals surface area contributed by atoms with E-state index in [-0.39, 0.29) is 0 Å². The second-order valence-electron chi connectivity index (χ2n) is 20.6. The van der Waals surface area contributed by atoms with Crippen LogP contribution in [0.1, 0.15) is 44.5 Å². The second kappa shape index (κ2) is 16.8. The van der Waals surface area contributed by atoms with Crippen molar-refractivity contribution in [2.24, 2.45) is 0 Å². The van der Waals surface area contributed by atoms with Gasteiger partial charge in [0.15, 0.2) is 0 Å². The zero-order chi connectivity index (χ0) is 50.7. The van der Waals surface area contributed by atoms with Crippen molar-refractivity contribution < 1.29 is 9.47 Å².